The Bertz CT molecular complexity index is 439. The van der Waals surface area contributed by atoms with Crippen LogP contribution >= 0.6 is 0 Å². The molecule has 1 heterocycles. The fraction of sp³-hybridized carbons (Fsp3) is 0.273. The van der Waals surface area contributed by atoms with E-state index < -0.39 is 18.4 Å². The maximum absolute atomic E-state index is 11.5. The highest BCUT2D eigenvalue weighted by atomic mass is 16.3. The van der Waals surface area contributed by atoms with Crippen molar-refractivity contribution in [2.24, 2.45) is 0 Å². The molecule has 1 amide bonds. The molecule has 0 unspecified atom stereocenters. The number of amides is 1. The first-order valence-corrected chi connectivity index (χ1v) is 4.79. The third-order valence-electron chi connectivity index (χ3n) is 2.59. The number of aliphatic hydroxyl groups is 1. The molecule has 1 aliphatic heterocycles. The summed E-state index contributed by atoms with van der Waals surface area (Å²) in [6.45, 7) is 1.52. The van der Waals surface area contributed by atoms with E-state index in [4.69, 9.17) is 5.11 Å². The quantitative estimate of drug-likeness (QED) is 0.724. The second-order valence-electron chi connectivity index (χ2n) is 3.41. The molecule has 0 atom stereocenters. The minimum atomic E-state index is -0.652. The van der Waals surface area contributed by atoms with Crippen LogP contribution in [-0.4, -0.2) is 23.5 Å². The van der Waals surface area contributed by atoms with E-state index in [0.29, 0.717) is 11.3 Å². The van der Waals surface area contributed by atoms with Crippen LogP contribution in [0, 0.1) is 0 Å². The Kier molecular flexibility index (Phi) is 2.28. The van der Waals surface area contributed by atoms with Crippen molar-refractivity contribution in [2.45, 2.75) is 13.3 Å². The van der Waals surface area contributed by atoms with Gasteiger partial charge in [0.15, 0.2) is 0 Å². The number of carbonyl (C=O) groups excluding carboxylic acids is 2. The van der Waals surface area contributed by atoms with Gasteiger partial charge < -0.3 is 5.11 Å². The van der Waals surface area contributed by atoms with Crippen LogP contribution in [0.4, 0.5) is 5.69 Å². The van der Waals surface area contributed by atoms with Crippen molar-refractivity contribution < 1.29 is 14.7 Å². The molecule has 0 spiro atoms. The normalized spacial score (nSPS) is 14.7. The Morgan fingerprint density at radius 1 is 1.33 bits per heavy atom. The largest absolute Gasteiger partial charge is 0.376 e. The molecule has 1 aliphatic rings. The molecule has 0 aliphatic carbocycles. The third-order valence-corrected chi connectivity index (χ3v) is 2.59. The van der Waals surface area contributed by atoms with Gasteiger partial charge in [0.25, 0.3) is 5.78 Å². The summed E-state index contributed by atoms with van der Waals surface area (Å²) in [5.74, 6) is -1.19. The predicted octanol–water partition coefficient (Wildman–Crippen LogP) is 0.728. The minimum Gasteiger partial charge on any atom is -0.376 e. The molecule has 4 nitrogen and oxygen atoms in total. The topological polar surface area (TPSA) is 57.6 Å². The molecular weight excluding hydrogens is 194 g/mol. The lowest BCUT2D eigenvalue weighted by molar-refractivity contribution is -0.114. The third kappa shape index (κ3) is 1.34. The molecule has 1 N–H and O–H groups in total. The van der Waals surface area contributed by atoms with Crippen LogP contribution in [0.15, 0.2) is 18.2 Å². The van der Waals surface area contributed by atoms with E-state index in [-0.39, 0.29) is 0 Å². The van der Waals surface area contributed by atoms with Gasteiger partial charge in [0, 0.05) is 0 Å². The van der Waals surface area contributed by atoms with Gasteiger partial charge in [-0.05, 0) is 24.1 Å². The first kappa shape index (κ1) is 9.86. The highest BCUT2D eigenvalue weighted by Gasteiger charge is 2.35. The van der Waals surface area contributed by atoms with Gasteiger partial charge in [0.05, 0.1) is 11.3 Å². The van der Waals surface area contributed by atoms with Crippen molar-refractivity contribution in [3.63, 3.8) is 0 Å². The summed E-state index contributed by atoms with van der Waals surface area (Å²) in [6, 6.07) is 5.27. The van der Waals surface area contributed by atoms with E-state index in [1.807, 2.05) is 13.0 Å². The van der Waals surface area contributed by atoms with Crippen LogP contribution < -0.4 is 4.90 Å². The molecule has 0 bridgehead atoms. The number of hydrogen-bond donors (Lipinski definition) is 1. The van der Waals surface area contributed by atoms with Crippen molar-refractivity contribution in [1.82, 2.24) is 0 Å². The van der Waals surface area contributed by atoms with Crippen molar-refractivity contribution in [3.8, 4) is 0 Å². The molecule has 0 saturated heterocycles. The maximum atomic E-state index is 11.5. The van der Waals surface area contributed by atoms with E-state index >= 15 is 0 Å². The van der Waals surface area contributed by atoms with Crippen molar-refractivity contribution in [1.29, 1.82) is 0 Å². The van der Waals surface area contributed by atoms with Crippen LogP contribution in [0.1, 0.15) is 22.8 Å². The lowest BCUT2D eigenvalue weighted by Gasteiger charge is -2.12. The summed E-state index contributed by atoms with van der Waals surface area (Å²) >= 11 is 0. The Morgan fingerprint density at radius 3 is 2.67 bits per heavy atom. The molecule has 2 rings (SSSR count). The molecular formula is C11H11NO3. The molecule has 4 heteroatoms. The van der Waals surface area contributed by atoms with E-state index in [9.17, 15) is 9.59 Å². The second kappa shape index (κ2) is 3.47. The van der Waals surface area contributed by atoms with Gasteiger partial charge in [-0.15, -0.1) is 0 Å². The molecule has 0 aromatic heterocycles. The van der Waals surface area contributed by atoms with Gasteiger partial charge >= 0.3 is 5.91 Å². The highest BCUT2D eigenvalue weighted by Crippen LogP contribution is 2.29. The van der Waals surface area contributed by atoms with Gasteiger partial charge in [-0.3, -0.25) is 14.5 Å². The van der Waals surface area contributed by atoms with Gasteiger partial charge in [0.2, 0.25) is 0 Å². The van der Waals surface area contributed by atoms with Gasteiger partial charge in [-0.1, -0.05) is 13.0 Å². The Balaban J connectivity index is 2.55. The Labute approximate surface area is 87.1 Å². The molecule has 1 aromatic carbocycles. The average molecular weight is 205 g/mol. The standard InChI is InChI=1S/C11H11NO3/c1-2-7-3-4-9-8(5-7)10(14)11(15)12(9)6-13/h3-5,13H,2,6H2,1H3. The second-order valence-corrected chi connectivity index (χ2v) is 3.41. The summed E-state index contributed by atoms with van der Waals surface area (Å²) in [4.78, 5) is 24.0. The van der Waals surface area contributed by atoms with Crippen molar-refractivity contribution in [3.05, 3.63) is 29.3 Å². The van der Waals surface area contributed by atoms with Gasteiger partial charge in [-0.2, -0.15) is 0 Å². The maximum Gasteiger partial charge on any atom is 0.301 e. The number of carbonyl (C=O) groups is 2. The van der Waals surface area contributed by atoms with Crippen LogP contribution in [0.3, 0.4) is 0 Å². The molecule has 0 radical (unpaired) electrons. The van der Waals surface area contributed by atoms with E-state index in [2.05, 4.69) is 0 Å². The van der Waals surface area contributed by atoms with Gasteiger partial charge in [-0.25, -0.2) is 0 Å². The minimum absolute atomic E-state index is 0.397. The summed E-state index contributed by atoms with van der Waals surface area (Å²) in [5, 5.41) is 8.98. The molecule has 1 aromatic rings. The lowest BCUT2D eigenvalue weighted by atomic mass is 10.1. The Hall–Kier alpha value is -1.68. The number of anilines is 1. The first-order chi connectivity index (χ1) is 7.19. The fourth-order valence-electron chi connectivity index (χ4n) is 1.71. The molecule has 0 fully saturated rings. The van der Waals surface area contributed by atoms with E-state index in [1.54, 1.807) is 12.1 Å². The number of Topliss-reactive ketones (excluding diaryl/α,β-unsaturated/α-hetero) is 1. The number of rotatable bonds is 2. The molecule has 78 valence electrons. The zero-order valence-electron chi connectivity index (χ0n) is 8.36. The average Bonchev–Trinajstić information content (AvgIpc) is 2.51. The number of hydrogen-bond acceptors (Lipinski definition) is 3. The zero-order valence-corrected chi connectivity index (χ0v) is 8.36. The SMILES string of the molecule is CCc1ccc2c(c1)C(=O)C(=O)N2CO. The summed E-state index contributed by atoms with van der Waals surface area (Å²) in [5.41, 5.74) is 1.91. The Morgan fingerprint density at radius 2 is 2.07 bits per heavy atom. The van der Waals surface area contributed by atoms with Gasteiger partial charge in [0.1, 0.15) is 6.73 Å². The fourth-order valence-corrected chi connectivity index (χ4v) is 1.71. The van der Waals surface area contributed by atoms with Crippen LogP contribution in [0.2, 0.25) is 0 Å². The molecule has 0 saturated carbocycles. The molecule has 15 heavy (non-hydrogen) atoms. The monoisotopic (exact) mass is 205 g/mol. The van der Waals surface area contributed by atoms with Crippen LogP contribution in [-0.2, 0) is 11.2 Å². The number of aliphatic hydroxyl groups excluding tert-OH is 1. The summed E-state index contributed by atoms with van der Waals surface area (Å²) in [6.07, 6.45) is 0.813. The summed E-state index contributed by atoms with van der Waals surface area (Å²) in [7, 11) is 0. The van der Waals surface area contributed by atoms with Crippen molar-refractivity contribution in [2.75, 3.05) is 11.6 Å². The van der Waals surface area contributed by atoms with Crippen molar-refractivity contribution >= 4 is 17.4 Å². The van der Waals surface area contributed by atoms with Crippen LogP contribution in [0.25, 0.3) is 0 Å². The zero-order chi connectivity index (χ0) is 11.0. The number of nitrogens with zero attached hydrogens (tertiary/aromatic N) is 1. The number of benzene rings is 1. The number of aryl methyl sites for hydroxylation is 1. The summed E-state index contributed by atoms with van der Waals surface area (Å²) < 4.78 is 0. The lowest BCUT2D eigenvalue weighted by Crippen LogP contribution is -2.30. The highest BCUT2D eigenvalue weighted by molar-refractivity contribution is 6.52. The van der Waals surface area contributed by atoms with E-state index in [0.717, 1.165) is 16.9 Å². The number of fused-ring (bicyclic) bond motifs is 1. The number of ketones is 1. The predicted molar refractivity (Wildman–Crippen MR) is 54.7 cm³/mol. The smallest absolute Gasteiger partial charge is 0.301 e. The van der Waals surface area contributed by atoms with E-state index in [1.165, 1.54) is 0 Å². The first-order valence-electron chi connectivity index (χ1n) is 4.79. The van der Waals surface area contributed by atoms with Crippen LogP contribution in [0.5, 0.6) is 0 Å².